The van der Waals surface area contributed by atoms with Crippen molar-refractivity contribution in [2.75, 3.05) is 0 Å². The van der Waals surface area contributed by atoms with Crippen molar-refractivity contribution in [3.8, 4) is 0 Å². The fourth-order valence-electron chi connectivity index (χ4n) is 1.57. The summed E-state index contributed by atoms with van der Waals surface area (Å²) in [5.41, 5.74) is 2.86. The first-order valence-electron chi connectivity index (χ1n) is 5.35. The molecule has 2 aromatic rings. The van der Waals surface area contributed by atoms with Gasteiger partial charge in [0.1, 0.15) is 5.92 Å². The Morgan fingerprint density at radius 3 is 2.53 bits per heavy atom. The molecule has 0 spiro atoms. The van der Waals surface area contributed by atoms with Crippen LogP contribution >= 0.6 is 0 Å². The first-order valence-corrected chi connectivity index (χ1v) is 5.35. The third-order valence-corrected chi connectivity index (χ3v) is 3.03. The summed E-state index contributed by atoms with van der Waals surface area (Å²) in [5, 5.41) is 13.1. The number of fused-ring (bicyclic) bond motifs is 1. The van der Waals surface area contributed by atoms with E-state index in [4.69, 9.17) is 5.11 Å². The molecule has 0 bridgehead atoms. The van der Waals surface area contributed by atoms with Gasteiger partial charge in [-0.05, 0) is 33.3 Å². The molecule has 0 saturated carbocycles. The van der Waals surface area contributed by atoms with Crippen LogP contribution in [-0.4, -0.2) is 30.7 Å². The van der Waals surface area contributed by atoms with E-state index in [9.17, 15) is 4.79 Å². The van der Waals surface area contributed by atoms with Crippen molar-refractivity contribution in [2.45, 2.75) is 33.6 Å². The fraction of sp³-hybridized carbons (Fsp3) is 0.455. The molecule has 0 aliphatic carbocycles. The van der Waals surface area contributed by atoms with Crippen LogP contribution in [0.5, 0.6) is 0 Å². The minimum atomic E-state index is -0.938. The van der Waals surface area contributed by atoms with Crippen LogP contribution in [0.15, 0.2) is 0 Å². The molecule has 0 amide bonds. The molecular formula is C11H14N4O2. The molecule has 2 heterocycles. The molecule has 2 aromatic heterocycles. The van der Waals surface area contributed by atoms with Crippen LogP contribution in [0.2, 0.25) is 0 Å². The smallest absolute Gasteiger partial charge is 0.314 e. The van der Waals surface area contributed by atoms with Gasteiger partial charge in [-0.1, -0.05) is 0 Å². The monoisotopic (exact) mass is 234 g/mol. The first kappa shape index (κ1) is 11.5. The Balaban J connectivity index is 2.66. The largest absolute Gasteiger partial charge is 0.481 e. The third-order valence-electron chi connectivity index (χ3n) is 3.03. The maximum Gasteiger partial charge on any atom is 0.314 e. The van der Waals surface area contributed by atoms with E-state index in [2.05, 4.69) is 15.1 Å². The summed E-state index contributed by atoms with van der Waals surface area (Å²) in [7, 11) is 0. The predicted molar refractivity (Wildman–Crippen MR) is 61.0 cm³/mol. The molecule has 0 radical (unpaired) electrons. The summed E-state index contributed by atoms with van der Waals surface area (Å²) in [4.78, 5) is 19.3. The minimum absolute atomic E-state index is 0.290. The van der Waals surface area contributed by atoms with E-state index >= 15 is 0 Å². The van der Waals surface area contributed by atoms with Gasteiger partial charge in [-0.25, -0.2) is 9.50 Å². The zero-order chi connectivity index (χ0) is 12.7. The Labute approximate surface area is 98.3 Å². The molecule has 6 nitrogen and oxygen atoms in total. The van der Waals surface area contributed by atoms with Gasteiger partial charge < -0.3 is 5.11 Å². The van der Waals surface area contributed by atoms with Crippen molar-refractivity contribution in [3.05, 3.63) is 22.8 Å². The van der Waals surface area contributed by atoms with E-state index in [0.717, 1.165) is 17.0 Å². The highest BCUT2D eigenvalue weighted by atomic mass is 16.4. The standard InChI is InChI=1S/C11H14N4O2/c1-5-7(3)12-11-13-9(6(2)10(16)17)14-15(11)8(5)4/h6H,1-4H3,(H,16,17). The molecular weight excluding hydrogens is 220 g/mol. The number of carboxylic acid groups (broad SMARTS) is 1. The molecule has 1 atom stereocenters. The molecule has 2 rings (SSSR count). The van der Waals surface area contributed by atoms with E-state index in [0.29, 0.717) is 5.78 Å². The van der Waals surface area contributed by atoms with Crippen molar-refractivity contribution in [2.24, 2.45) is 0 Å². The highest BCUT2D eigenvalue weighted by Gasteiger charge is 2.20. The van der Waals surface area contributed by atoms with E-state index in [-0.39, 0.29) is 5.82 Å². The maximum absolute atomic E-state index is 10.9. The molecule has 1 N–H and O–H groups in total. The van der Waals surface area contributed by atoms with E-state index < -0.39 is 11.9 Å². The molecule has 1 unspecified atom stereocenters. The summed E-state index contributed by atoms with van der Waals surface area (Å²) in [6, 6.07) is 0. The number of hydrogen-bond acceptors (Lipinski definition) is 4. The first-order chi connectivity index (χ1) is 7.91. The van der Waals surface area contributed by atoms with Gasteiger partial charge in [0.2, 0.25) is 0 Å². The number of nitrogens with zero attached hydrogens (tertiary/aromatic N) is 4. The number of aromatic nitrogens is 4. The lowest BCUT2D eigenvalue weighted by molar-refractivity contribution is -0.138. The van der Waals surface area contributed by atoms with Gasteiger partial charge in [-0.2, -0.15) is 4.98 Å². The second kappa shape index (κ2) is 3.80. The second-order valence-corrected chi connectivity index (χ2v) is 4.15. The highest BCUT2D eigenvalue weighted by molar-refractivity contribution is 5.74. The Morgan fingerprint density at radius 1 is 1.29 bits per heavy atom. The fourth-order valence-corrected chi connectivity index (χ4v) is 1.57. The van der Waals surface area contributed by atoms with Crippen molar-refractivity contribution in [1.82, 2.24) is 19.6 Å². The molecule has 0 fully saturated rings. The number of carboxylic acids is 1. The lowest BCUT2D eigenvalue weighted by Crippen LogP contribution is -2.09. The summed E-state index contributed by atoms with van der Waals surface area (Å²) in [5.74, 6) is -0.921. The number of aryl methyl sites for hydroxylation is 2. The summed E-state index contributed by atoms with van der Waals surface area (Å²) >= 11 is 0. The number of rotatable bonds is 2. The average Bonchev–Trinajstić information content (AvgIpc) is 2.68. The Morgan fingerprint density at radius 2 is 1.94 bits per heavy atom. The van der Waals surface area contributed by atoms with E-state index in [1.807, 2.05) is 20.8 Å². The van der Waals surface area contributed by atoms with Gasteiger partial charge >= 0.3 is 5.97 Å². The van der Waals surface area contributed by atoms with Gasteiger partial charge in [0, 0.05) is 11.4 Å². The van der Waals surface area contributed by atoms with Gasteiger partial charge in [-0.15, -0.1) is 5.10 Å². The molecule has 17 heavy (non-hydrogen) atoms. The SMILES string of the molecule is Cc1nc2nc(C(C)C(=O)O)nn2c(C)c1C. The Bertz CT molecular complexity index is 603. The van der Waals surface area contributed by atoms with Gasteiger partial charge in [0.15, 0.2) is 5.82 Å². The Kier molecular flexibility index (Phi) is 2.57. The number of aliphatic carboxylic acids is 1. The zero-order valence-electron chi connectivity index (χ0n) is 10.2. The highest BCUT2D eigenvalue weighted by Crippen LogP contribution is 2.15. The van der Waals surface area contributed by atoms with Crippen LogP contribution < -0.4 is 0 Å². The summed E-state index contributed by atoms with van der Waals surface area (Å²) in [6.45, 7) is 7.34. The van der Waals surface area contributed by atoms with Gasteiger partial charge in [0.05, 0.1) is 0 Å². The van der Waals surface area contributed by atoms with Crippen molar-refractivity contribution in [1.29, 1.82) is 0 Å². The molecule has 0 aromatic carbocycles. The predicted octanol–water partition coefficient (Wildman–Crippen LogP) is 1.24. The topological polar surface area (TPSA) is 80.4 Å². The lowest BCUT2D eigenvalue weighted by Gasteiger charge is -2.04. The zero-order valence-corrected chi connectivity index (χ0v) is 10.2. The van der Waals surface area contributed by atoms with Crippen LogP contribution in [0.1, 0.15) is 35.6 Å². The van der Waals surface area contributed by atoms with Gasteiger partial charge in [-0.3, -0.25) is 4.79 Å². The molecule has 0 aliphatic heterocycles. The van der Waals surface area contributed by atoms with Crippen LogP contribution in [-0.2, 0) is 4.79 Å². The van der Waals surface area contributed by atoms with Crippen LogP contribution in [0.25, 0.3) is 5.78 Å². The van der Waals surface area contributed by atoms with Crippen molar-refractivity contribution < 1.29 is 9.90 Å². The van der Waals surface area contributed by atoms with E-state index in [1.54, 1.807) is 11.4 Å². The molecule has 6 heteroatoms. The van der Waals surface area contributed by atoms with Crippen molar-refractivity contribution >= 4 is 11.7 Å². The molecule has 90 valence electrons. The number of carbonyl (C=O) groups is 1. The average molecular weight is 234 g/mol. The second-order valence-electron chi connectivity index (χ2n) is 4.15. The lowest BCUT2D eigenvalue weighted by atomic mass is 10.2. The maximum atomic E-state index is 10.9. The van der Waals surface area contributed by atoms with E-state index in [1.165, 1.54) is 0 Å². The van der Waals surface area contributed by atoms with Crippen LogP contribution in [0.3, 0.4) is 0 Å². The molecule has 0 saturated heterocycles. The van der Waals surface area contributed by atoms with Crippen LogP contribution in [0, 0.1) is 20.8 Å². The van der Waals surface area contributed by atoms with Crippen molar-refractivity contribution in [3.63, 3.8) is 0 Å². The van der Waals surface area contributed by atoms with Gasteiger partial charge in [0.25, 0.3) is 5.78 Å². The normalized spacial score (nSPS) is 12.9. The summed E-state index contributed by atoms with van der Waals surface area (Å²) < 4.78 is 1.59. The molecule has 0 aliphatic rings. The number of hydrogen-bond donors (Lipinski definition) is 1. The Hall–Kier alpha value is -1.98. The van der Waals surface area contributed by atoms with Crippen LogP contribution in [0.4, 0.5) is 0 Å². The third kappa shape index (κ3) is 1.75. The minimum Gasteiger partial charge on any atom is -0.481 e. The quantitative estimate of drug-likeness (QED) is 0.845. The summed E-state index contributed by atoms with van der Waals surface area (Å²) in [6.07, 6.45) is 0.